The molecular formula is C7H8N2O4. The Morgan fingerprint density at radius 3 is 3.15 bits per heavy atom. The maximum atomic E-state index is 11.0. The molecule has 70 valence electrons. The van der Waals surface area contributed by atoms with Crippen molar-refractivity contribution < 1.29 is 19.1 Å². The van der Waals surface area contributed by atoms with E-state index in [4.69, 9.17) is 0 Å². The summed E-state index contributed by atoms with van der Waals surface area (Å²) in [5.41, 5.74) is 0.545. The zero-order valence-corrected chi connectivity index (χ0v) is 6.94. The number of hydrogen-bond acceptors (Lipinski definition) is 5. The molecule has 0 unspecified atom stereocenters. The lowest BCUT2D eigenvalue weighted by atomic mass is 10.3. The van der Waals surface area contributed by atoms with Gasteiger partial charge in [-0.25, -0.2) is 9.78 Å². The summed E-state index contributed by atoms with van der Waals surface area (Å²) < 4.78 is 8.90. The number of rotatable bonds is 4. The van der Waals surface area contributed by atoms with E-state index in [-0.39, 0.29) is 12.3 Å². The molecule has 6 heteroatoms. The van der Waals surface area contributed by atoms with Gasteiger partial charge in [0.05, 0.1) is 19.1 Å². The molecule has 0 aliphatic heterocycles. The number of methoxy groups -OCH3 is 1. The van der Waals surface area contributed by atoms with Crippen LogP contribution in [0.1, 0.15) is 16.2 Å². The van der Waals surface area contributed by atoms with Gasteiger partial charge in [-0.2, -0.15) is 0 Å². The molecule has 0 aromatic carbocycles. The van der Waals surface area contributed by atoms with E-state index >= 15 is 0 Å². The minimum Gasteiger partial charge on any atom is -0.464 e. The second kappa shape index (κ2) is 4.24. The van der Waals surface area contributed by atoms with Crippen LogP contribution in [0.3, 0.4) is 0 Å². The summed E-state index contributed by atoms with van der Waals surface area (Å²) in [7, 11) is 1.25. The van der Waals surface area contributed by atoms with Crippen LogP contribution in [0.15, 0.2) is 6.33 Å². The Morgan fingerprint density at radius 2 is 2.54 bits per heavy atom. The molecule has 0 aliphatic carbocycles. The molecule has 0 radical (unpaired) electrons. The van der Waals surface area contributed by atoms with Crippen molar-refractivity contribution in [3.05, 3.63) is 17.7 Å². The van der Waals surface area contributed by atoms with E-state index in [9.17, 15) is 9.59 Å². The van der Waals surface area contributed by atoms with Gasteiger partial charge in [-0.1, -0.05) is 0 Å². The van der Waals surface area contributed by atoms with Crippen molar-refractivity contribution in [3.63, 3.8) is 0 Å². The van der Waals surface area contributed by atoms with Crippen LogP contribution in [0.5, 0.6) is 0 Å². The molecule has 0 spiro atoms. The van der Waals surface area contributed by atoms with Gasteiger partial charge in [0.25, 0.3) is 6.47 Å². The lowest BCUT2D eigenvalue weighted by Crippen LogP contribution is -2.06. The van der Waals surface area contributed by atoms with Crippen molar-refractivity contribution in [1.82, 2.24) is 9.97 Å². The largest absolute Gasteiger partial charge is 0.464 e. The molecule has 0 saturated carbocycles. The smallest absolute Gasteiger partial charge is 0.358 e. The van der Waals surface area contributed by atoms with Gasteiger partial charge < -0.3 is 14.5 Å². The number of carbonyl (C=O) groups is 2. The molecule has 1 heterocycles. The monoisotopic (exact) mass is 184 g/mol. The SMILES string of the molecule is COC(=O)c1nc[nH]c1COC=O. The Labute approximate surface area is 73.9 Å². The first-order chi connectivity index (χ1) is 6.29. The summed E-state index contributed by atoms with van der Waals surface area (Å²) in [4.78, 5) is 27.3. The molecular weight excluding hydrogens is 176 g/mol. The van der Waals surface area contributed by atoms with Gasteiger partial charge in [-0.15, -0.1) is 0 Å². The number of imidazole rings is 1. The number of nitrogens with zero attached hydrogens (tertiary/aromatic N) is 1. The molecule has 0 bridgehead atoms. The fourth-order valence-electron chi connectivity index (χ4n) is 0.821. The standard InChI is InChI=1S/C7H8N2O4/c1-12-7(11)6-5(2-13-4-10)8-3-9-6/h3-4H,2H2,1H3,(H,8,9). The fraction of sp³-hybridized carbons (Fsp3) is 0.286. The van der Waals surface area contributed by atoms with Gasteiger partial charge in [0, 0.05) is 0 Å². The van der Waals surface area contributed by atoms with Crippen molar-refractivity contribution >= 4 is 12.4 Å². The quantitative estimate of drug-likeness (QED) is 0.520. The molecule has 1 aromatic heterocycles. The summed E-state index contributed by atoms with van der Waals surface area (Å²) in [6.45, 7) is 0.274. The van der Waals surface area contributed by atoms with Gasteiger partial charge in [0.2, 0.25) is 0 Å². The summed E-state index contributed by atoms with van der Waals surface area (Å²) in [5, 5.41) is 0. The Balaban J connectivity index is 2.76. The molecule has 0 atom stereocenters. The summed E-state index contributed by atoms with van der Waals surface area (Å²) in [5.74, 6) is -0.564. The van der Waals surface area contributed by atoms with Gasteiger partial charge >= 0.3 is 5.97 Å². The van der Waals surface area contributed by atoms with E-state index in [1.165, 1.54) is 13.4 Å². The van der Waals surface area contributed by atoms with E-state index in [2.05, 4.69) is 19.4 Å². The van der Waals surface area contributed by atoms with Gasteiger partial charge in [0.15, 0.2) is 5.69 Å². The Kier molecular flexibility index (Phi) is 3.02. The maximum absolute atomic E-state index is 11.0. The minimum absolute atomic E-state index is 0.0199. The minimum atomic E-state index is -0.564. The summed E-state index contributed by atoms with van der Waals surface area (Å²) >= 11 is 0. The first-order valence-electron chi connectivity index (χ1n) is 3.45. The number of aromatic amines is 1. The summed E-state index contributed by atoms with van der Waals surface area (Å²) in [6, 6.07) is 0. The predicted molar refractivity (Wildman–Crippen MR) is 40.8 cm³/mol. The molecule has 0 aliphatic rings. The number of nitrogens with one attached hydrogen (secondary N) is 1. The van der Waals surface area contributed by atoms with E-state index in [0.717, 1.165) is 0 Å². The van der Waals surface area contributed by atoms with E-state index < -0.39 is 5.97 Å². The number of aromatic nitrogens is 2. The van der Waals surface area contributed by atoms with Crippen LogP contribution in [0.25, 0.3) is 0 Å². The highest BCUT2D eigenvalue weighted by atomic mass is 16.5. The molecule has 1 rings (SSSR count). The number of H-pyrrole nitrogens is 1. The van der Waals surface area contributed by atoms with Crippen molar-refractivity contribution in [2.24, 2.45) is 0 Å². The molecule has 1 N–H and O–H groups in total. The molecule has 6 nitrogen and oxygen atoms in total. The normalized spacial score (nSPS) is 9.31. The zero-order valence-electron chi connectivity index (χ0n) is 6.94. The highest BCUT2D eigenvalue weighted by molar-refractivity contribution is 5.88. The first-order valence-corrected chi connectivity index (χ1v) is 3.45. The van der Waals surface area contributed by atoms with Gasteiger partial charge in [-0.3, -0.25) is 4.79 Å². The van der Waals surface area contributed by atoms with Crippen LogP contribution in [-0.4, -0.2) is 29.5 Å². The average molecular weight is 184 g/mol. The lowest BCUT2D eigenvalue weighted by Gasteiger charge is -1.98. The highest BCUT2D eigenvalue weighted by Gasteiger charge is 2.14. The van der Waals surface area contributed by atoms with E-state index in [1.807, 2.05) is 0 Å². The van der Waals surface area contributed by atoms with Crippen LogP contribution in [0, 0.1) is 0 Å². The molecule has 0 fully saturated rings. The number of esters is 1. The third-order valence-electron chi connectivity index (χ3n) is 1.39. The molecule has 13 heavy (non-hydrogen) atoms. The summed E-state index contributed by atoms with van der Waals surface area (Å²) in [6.07, 6.45) is 1.33. The highest BCUT2D eigenvalue weighted by Crippen LogP contribution is 2.04. The third kappa shape index (κ3) is 2.05. The number of hydrogen-bond donors (Lipinski definition) is 1. The Bertz CT molecular complexity index is 307. The van der Waals surface area contributed by atoms with Crippen molar-refractivity contribution in [3.8, 4) is 0 Å². The van der Waals surface area contributed by atoms with E-state index in [1.54, 1.807) is 0 Å². The van der Waals surface area contributed by atoms with Crippen LogP contribution in [0.4, 0.5) is 0 Å². The van der Waals surface area contributed by atoms with Gasteiger partial charge in [0.1, 0.15) is 6.61 Å². The second-order valence-electron chi connectivity index (χ2n) is 2.13. The molecule has 1 aromatic rings. The Morgan fingerprint density at radius 1 is 1.77 bits per heavy atom. The third-order valence-corrected chi connectivity index (χ3v) is 1.39. The number of carbonyl (C=O) groups excluding carboxylic acids is 2. The molecule has 0 amide bonds. The lowest BCUT2D eigenvalue weighted by molar-refractivity contribution is -0.129. The van der Waals surface area contributed by atoms with Crippen molar-refractivity contribution in [2.45, 2.75) is 6.61 Å². The van der Waals surface area contributed by atoms with Crippen molar-refractivity contribution in [2.75, 3.05) is 7.11 Å². The molecule has 0 saturated heterocycles. The fourth-order valence-corrected chi connectivity index (χ4v) is 0.821. The zero-order chi connectivity index (χ0) is 9.68. The van der Waals surface area contributed by atoms with Crippen LogP contribution >= 0.6 is 0 Å². The topological polar surface area (TPSA) is 81.3 Å². The predicted octanol–water partition coefficient (Wildman–Crippen LogP) is -0.131. The van der Waals surface area contributed by atoms with Crippen LogP contribution < -0.4 is 0 Å². The van der Waals surface area contributed by atoms with Crippen molar-refractivity contribution in [1.29, 1.82) is 0 Å². The second-order valence-corrected chi connectivity index (χ2v) is 2.13. The van der Waals surface area contributed by atoms with Crippen LogP contribution in [0.2, 0.25) is 0 Å². The first kappa shape index (κ1) is 9.24. The van der Waals surface area contributed by atoms with Crippen LogP contribution in [-0.2, 0) is 20.9 Å². The maximum Gasteiger partial charge on any atom is 0.358 e. The van der Waals surface area contributed by atoms with Gasteiger partial charge in [-0.05, 0) is 0 Å². The van der Waals surface area contributed by atoms with E-state index in [0.29, 0.717) is 12.2 Å². The average Bonchev–Trinajstić information content (AvgIpc) is 2.61. The Hall–Kier alpha value is -1.85. The number of ether oxygens (including phenoxy) is 2.